The number of methoxy groups -OCH3 is 1. The number of halogens is 4. The molecular weight excluding hydrogens is 276 g/mol. The van der Waals surface area contributed by atoms with Crippen LogP contribution in [0.4, 0.5) is 17.6 Å². The lowest BCUT2D eigenvalue weighted by Gasteiger charge is -2.14. The number of nitrogens with zero attached hydrogens (tertiary/aromatic N) is 2. The Morgan fingerprint density at radius 3 is 2.74 bits per heavy atom. The number of hydrogen-bond acceptors (Lipinski definition) is 6. The standard InChI is InChI=1S/C9H10F4N2O4/c1-17-7(16)2-6-14-5(15-19-6)3-18-4-9(12,13)8(10)11/h8H,2-4H2,1H3. The van der Waals surface area contributed by atoms with Crippen molar-refractivity contribution in [3.8, 4) is 0 Å². The number of esters is 1. The molecule has 1 rings (SSSR count). The molecule has 0 saturated heterocycles. The van der Waals surface area contributed by atoms with E-state index in [-0.39, 0.29) is 18.1 Å². The Balaban J connectivity index is 2.40. The van der Waals surface area contributed by atoms with Crippen LogP contribution in [0.2, 0.25) is 0 Å². The topological polar surface area (TPSA) is 74.5 Å². The highest BCUT2D eigenvalue weighted by Gasteiger charge is 2.41. The zero-order valence-corrected chi connectivity index (χ0v) is 9.74. The van der Waals surface area contributed by atoms with Gasteiger partial charge in [-0.15, -0.1) is 0 Å². The first-order valence-corrected chi connectivity index (χ1v) is 4.97. The second kappa shape index (κ2) is 6.45. The summed E-state index contributed by atoms with van der Waals surface area (Å²) in [6, 6.07) is 0. The Morgan fingerprint density at radius 2 is 2.16 bits per heavy atom. The normalized spacial score (nSPS) is 11.9. The Labute approximate surface area is 104 Å². The van der Waals surface area contributed by atoms with Crippen LogP contribution in [0.1, 0.15) is 11.7 Å². The molecule has 0 radical (unpaired) electrons. The van der Waals surface area contributed by atoms with Gasteiger partial charge in [0.15, 0.2) is 5.82 Å². The van der Waals surface area contributed by atoms with Crippen molar-refractivity contribution in [3.05, 3.63) is 11.7 Å². The second-order valence-corrected chi connectivity index (χ2v) is 3.41. The third-order valence-electron chi connectivity index (χ3n) is 1.88. The molecule has 0 aliphatic carbocycles. The van der Waals surface area contributed by atoms with Crippen molar-refractivity contribution in [1.82, 2.24) is 10.1 Å². The average molecular weight is 286 g/mol. The fourth-order valence-electron chi connectivity index (χ4n) is 0.958. The van der Waals surface area contributed by atoms with Crippen LogP contribution in [0.15, 0.2) is 4.52 Å². The van der Waals surface area contributed by atoms with Crippen molar-refractivity contribution in [1.29, 1.82) is 0 Å². The molecular formula is C9H10F4N2O4. The van der Waals surface area contributed by atoms with Crippen molar-refractivity contribution in [2.45, 2.75) is 25.4 Å². The van der Waals surface area contributed by atoms with E-state index in [4.69, 9.17) is 0 Å². The number of carbonyl (C=O) groups is 1. The van der Waals surface area contributed by atoms with Gasteiger partial charge in [0.25, 0.3) is 0 Å². The minimum atomic E-state index is -4.24. The Morgan fingerprint density at radius 1 is 1.47 bits per heavy atom. The van der Waals surface area contributed by atoms with Gasteiger partial charge in [-0.1, -0.05) is 5.16 Å². The number of alkyl halides is 4. The lowest BCUT2D eigenvalue weighted by molar-refractivity contribution is -0.168. The molecule has 6 nitrogen and oxygen atoms in total. The summed E-state index contributed by atoms with van der Waals surface area (Å²) in [6.07, 6.45) is -4.09. The van der Waals surface area contributed by atoms with Gasteiger partial charge in [0.05, 0.1) is 7.11 Å². The number of ether oxygens (including phenoxy) is 2. The van der Waals surface area contributed by atoms with Gasteiger partial charge in [0, 0.05) is 0 Å². The van der Waals surface area contributed by atoms with Gasteiger partial charge in [-0.2, -0.15) is 13.8 Å². The van der Waals surface area contributed by atoms with E-state index in [2.05, 4.69) is 24.1 Å². The Bertz CT molecular complexity index is 424. The molecule has 10 heteroatoms. The Kier molecular flexibility index (Phi) is 5.21. The van der Waals surface area contributed by atoms with E-state index in [9.17, 15) is 22.4 Å². The van der Waals surface area contributed by atoms with Gasteiger partial charge in [0.1, 0.15) is 19.6 Å². The number of carbonyl (C=O) groups excluding carboxylic acids is 1. The van der Waals surface area contributed by atoms with Crippen molar-refractivity contribution < 1.29 is 36.4 Å². The van der Waals surface area contributed by atoms with E-state index in [1.807, 2.05) is 0 Å². The maximum Gasteiger partial charge on any atom is 0.330 e. The molecule has 1 aromatic heterocycles. The zero-order chi connectivity index (χ0) is 14.5. The molecule has 0 aliphatic heterocycles. The maximum absolute atomic E-state index is 12.5. The fourth-order valence-corrected chi connectivity index (χ4v) is 0.958. The van der Waals surface area contributed by atoms with Crippen LogP contribution in [0.25, 0.3) is 0 Å². The first-order chi connectivity index (χ1) is 8.85. The van der Waals surface area contributed by atoms with Crippen molar-refractivity contribution in [2.75, 3.05) is 13.7 Å². The largest absolute Gasteiger partial charge is 0.469 e. The highest BCUT2D eigenvalue weighted by atomic mass is 19.3. The summed E-state index contributed by atoms with van der Waals surface area (Å²) in [6.45, 7) is -2.00. The van der Waals surface area contributed by atoms with Crippen LogP contribution >= 0.6 is 0 Å². The number of aromatic nitrogens is 2. The summed E-state index contributed by atoms with van der Waals surface area (Å²) < 4.78 is 61.8. The first-order valence-electron chi connectivity index (χ1n) is 4.97. The van der Waals surface area contributed by atoms with Crippen LogP contribution in [0.5, 0.6) is 0 Å². The molecule has 0 N–H and O–H groups in total. The highest BCUT2D eigenvalue weighted by Crippen LogP contribution is 2.23. The zero-order valence-electron chi connectivity index (χ0n) is 9.74. The minimum absolute atomic E-state index is 0.0916. The fraction of sp³-hybridized carbons (Fsp3) is 0.667. The van der Waals surface area contributed by atoms with Crippen molar-refractivity contribution in [2.24, 2.45) is 0 Å². The molecule has 0 saturated carbocycles. The third-order valence-corrected chi connectivity index (χ3v) is 1.88. The molecule has 0 fully saturated rings. The van der Waals surface area contributed by atoms with Crippen molar-refractivity contribution >= 4 is 5.97 Å². The summed E-state index contributed by atoms with van der Waals surface area (Å²) >= 11 is 0. The van der Waals surface area contributed by atoms with Crippen molar-refractivity contribution in [3.63, 3.8) is 0 Å². The molecule has 1 heterocycles. The Hall–Kier alpha value is -1.71. The van der Waals surface area contributed by atoms with Gasteiger partial charge in [0.2, 0.25) is 5.89 Å². The van der Waals surface area contributed by atoms with Crippen LogP contribution in [0, 0.1) is 0 Å². The van der Waals surface area contributed by atoms with Crippen LogP contribution in [-0.2, 0) is 27.3 Å². The first kappa shape index (κ1) is 15.3. The molecule has 0 amide bonds. The number of hydrogen-bond donors (Lipinski definition) is 0. The van der Waals surface area contributed by atoms with E-state index in [0.717, 1.165) is 7.11 Å². The summed E-state index contributed by atoms with van der Waals surface area (Å²) in [7, 11) is 1.16. The molecule has 1 aromatic rings. The average Bonchev–Trinajstić information content (AvgIpc) is 2.76. The predicted octanol–water partition coefficient (Wildman–Crippen LogP) is 1.20. The van der Waals surface area contributed by atoms with E-state index >= 15 is 0 Å². The van der Waals surface area contributed by atoms with Gasteiger partial charge in [-0.05, 0) is 0 Å². The minimum Gasteiger partial charge on any atom is -0.469 e. The molecule has 0 aromatic carbocycles. The smallest absolute Gasteiger partial charge is 0.330 e. The van der Waals surface area contributed by atoms with Crippen LogP contribution in [-0.4, -0.2) is 42.2 Å². The third kappa shape index (κ3) is 4.81. The molecule has 19 heavy (non-hydrogen) atoms. The molecule has 0 bridgehead atoms. The molecule has 0 aliphatic rings. The van der Waals surface area contributed by atoms with Gasteiger partial charge >= 0.3 is 18.3 Å². The summed E-state index contributed by atoms with van der Waals surface area (Å²) in [4.78, 5) is 14.5. The molecule has 0 unspecified atom stereocenters. The maximum atomic E-state index is 12.5. The lowest BCUT2D eigenvalue weighted by atomic mass is 10.4. The predicted molar refractivity (Wildman–Crippen MR) is 50.6 cm³/mol. The van der Waals surface area contributed by atoms with E-state index in [0.29, 0.717) is 0 Å². The molecule has 108 valence electrons. The van der Waals surface area contributed by atoms with E-state index < -0.39 is 31.5 Å². The summed E-state index contributed by atoms with van der Waals surface area (Å²) in [5.41, 5.74) is 0. The van der Waals surface area contributed by atoms with Crippen LogP contribution < -0.4 is 0 Å². The molecule has 0 atom stereocenters. The van der Waals surface area contributed by atoms with Gasteiger partial charge < -0.3 is 14.0 Å². The van der Waals surface area contributed by atoms with E-state index in [1.54, 1.807) is 0 Å². The summed E-state index contributed by atoms with van der Waals surface area (Å²) in [5.74, 6) is -5.09. The SMILES string of the molecule is COC(=O)Cc1nc(COCC(F)(F)C(F)F)no1. The lowest BCUT2D eigenvalue weighted by Crippen LogP contribution is -2.32. The van der Waals surface area contributed by atoms with Gasteiger partial charge in [-0.3, -0.25) is 4.79 Å². The highest BCUT2D eigenvalue weighted by molar-refractivity contribution is 5.70. The van der Waals surface area contributed by atoms with Gasteiger partial charge in [-0.25, -0.2) is 8.78 Å². The molecule has 0 spiro atoms. The summed E-state index contributed by atoms with van der Waals surface area (Å²) in [5, 5.41) is 3.32. The number of rotatable bonds is 7. The van der Waals surface area contributed by atoms with Crippen LogP contribution in [0.3, 0.4) is 0 Å². The van der Waals surface area contributed by atoms with E-state index in [1.165, 1.54) is 0 Å². The monoisotopic (exact) mass is 286 g/mol. The quantitative estimate of drug-likeness (QED) is 0.554. The second-order valence-electron chi connectivity index (χ2n) is 3.41.